The van der Waals surface area contributed by atoms with Gasteiger partial charge in [-0.05, 0) is 49.0 Å². The van der Waals surface area contributed by atoms with Gasteiger partial charge in [0.05, 0.1) is 6.61 Å². The molecule has 1 aromatic rings. The molecule has 2 nitrogen and oxygen atoms in total. The summed E-state index contributed by atoms with van der Waals surface area (Å²) >= 11 is 5.39. The van der Waals surface area contributed by atoms with Gasteiger partial charge in [0.15, 0.2) is 0 Å². The van der Waals surface area contributed by atoms with Crippen LogP contribution in [0.4, 0.5) is 0 Å². The number of ether oxygens (including phenoxy) is 1. The van der Waals surface area contributed by atoms with Gasteiger partial charge >= 0.3 is 0 Å². The van der Waals surface area contributed by atoms with Gasteiger partial charge in [-0.1, -0.05) is 15.9 Å². The Balaban J connectivity index is 1.55. The summed E-state index contributed by atoms with van der Waals surface area (Å²) in [6.07, 6.45) is 0. The van der Waals surface area contributed by atoms with E-state index >= 15 is 0 Å². The fourth-order valence-corrected chi connectivity index (χ4v) is 2.67. The summed E-state index contributed by atoms with van der Waals surface area (Å²) in [5, 5.41) is 3.28. The molecule has 1 aromatic carbocycles. The Labute approximate surface area is 109 Å². The van der Waals surface area contributed by atoms with Crippen molar-refractivity contribution in [3.8, 4) is 5.75 Å². The molecule has 0 spiro atoms. The standard InChI is InChI=1S/C12H16BrNOS/c13-11-1-3-12(4-2-11)15-5-6-16-9-10-7-14-8-10/h1-4,10,14H,5-9H2. The second-order valence-electron chi connectivity index (χ2n) is 3.90. The molecular weight excluding hydrogens is 286 g/mol. The van der Waals surface area contributed by atoms with Crippen LogP contribution in [-0.2, 0) is 0 Å². The normalized spacial score (nSPS) is 15.8. The van der Waals surface area contributed by atoms with Gasteiger partial charge in [-0.25, -0.2) is 0 Å². The molecule has 1 heterocycles. The number of hydrogen-bond donors (Lipinski definition) is 1. The Morgan fingerprint density at radius 3 is 2.69 bits per heavy atom. The fraction of sp³-hybridized carbons (Fsp3) is 0.500. The Morgan fingerprint density at radius 1 is 1.31 bits per heavy atom. The fourth-order valence-electron chi connectivity index (χ4n) is 1.47. The Hall–Kier alpha value is -0.190. The Kier molecular flexibility index (Phi) is 5.00. The Morgan fingerprint density at radius 2 is 2.06 bits per heavy atom. The summed E-state index contributed by atoms with van der Waals surface area (Å²) in [6.45, 7) is 3.19. The molecule has 1 aliphatic rings. The van der Waals surface area contributed by atoms with Gasteiger partial charge in [0.1, 0.15) is 5.75 Å². The Bertz CT molecular complexity index is 313. The zero-order chi connectivity index (χ0) is 11.2. The molecule has 0 aliphatic carbocycles. The lowest BCUT2D eigenvalue weighted by Crippen LogP contribution is -2.43. The van der Waals surface area contributed by atoms with Crippen LogP contribution in [0.15, 0.2) is 28.7 Å². The van der Waals surface area contributed by atoms with Crippen molar-refractivity contribution in [1.29, 1.82) is 0 Å². The van der Waals surface area contributed by atoms with Crippen molar-refractivity contribution >= 4 is 27.7 Å². The highest BCUT2D eigenvalue weighted by atomic mass is 79.9. The van der Waals surface area contributed by atoms with E-state index in [4.69, 9.17) is 4.74 Å². The lowest BCUT2D eigenvalue weighted by atomic mass is 10.1. The van der Waals surface area contributed by atoms with Gasteiger partial charge < -0.3 is 10.1 Å². The minimum absolute atomic E-state index is 0.798. The van der Waals surface area contributed by atoms with Gasteiger partial charge in [0.25, 0.3) is 0 Å². The third-order valence-electron chi connectivity index (χ3n) is 2.53. The van der Waals surface area contributed by atoms with Gasteiger partial charge in [-0.2, -0.15) is 11.8 Å². The maximum absolute atomic E-state index is 5.64. The van der Waals surface area contributed by atoms with E-state index in [0.29, 0.717) is 0 Å². The third-order valence-corrected chi connectivity index (χ3v) is 4.22. The predicted octanol–water partition coefficient (Wildman–Crippen LogP) is 2.78. The number of benzene rings is 1. The second-order valence-corrected chi connectivity index (χ2v) is 5.97. The van der Waals surface area contributed by atoms with Gasteiger partial charge in [-0.3, -0.25) is 0 Å². The van der Waals surface area contributed by atoms with Crippen LogP contribution in [0.25, 0.3) is 0 Å². The minimum Gasteiger partial charge on any atom is -0.493 e. The van der Waals surface area contributed by atoms with Gasteiger partial charge in [0, 0.05) is 10.2 Å². The van der Waals surface area contributed by atoms with Crippen molar-refractivity contribution in [2.75, 3.05) is 31.2 Å². The van der Waals surface area contributed by atoms with Crippen LogP contribution in [0.2, 0.25) is 0 Å². The van der Waals surface area contributed by atoms with Crippen molar-refractivity contribution in [3.05, 3.63) is 28.7 Å². The van der Waals surface area contributed by atoms with Crippen molar-refractivity contribution in [3.63, 3.8) is 0 Å². The average Bonchev–Trinajstić information content (AvgIpc) is 2.23. The number of hydrogen-bond acceptors (Lipinski definition) is 3. The highest BCUT2D eigenvalue weighted by Crippen LogP contribution is 2.17. The largest absolute Gasteiger partial charge is 0.493 e. The van der Waals surface area contributed by atoms with E-state index in [1.54, 1.807) is 0 Å². The van der Waals surface area contributed by atoms with Gasteiger partial charge in [-0.15, -0.1) is 0 Å². The first-order chi connectivity index (χ1) is 7.84. The van der Waals surface area contributed by atoms with Crippen LogP contribution in [0.1, 0.15) is 0 Å². The van der Waals surface area contributed by atoms with Crippen LogP contribution in [0.5, 0.6) is 5.75 Å². The van der Waals surface area contributed by atoms with Crippen molar-refractivity contribution in [2.45, 2.75) is 0 Å². The third kappa shape index (κ3) is 4.00. The molecule has 0 bridgehead atoms. The van der Waals surface area contributed by atoms with Crippen molar-refractivity contribution < 1.29 is 4.74 Å². The molecule has 1 aliphatic heterocycles. The molecule has 0 radical (unpaired) electrons. The van der Waals surface area contributed by atoms with Crippen LogP contribution in [0.3, 0.4) is 0 Å². The van der Waals surface area contributed by atoms with E-state index in [1.807, 2.05) is 36.0 Å². The summed E-state index contributed by atoms with van der Waals surface area (Å²) in [4.78, 5) is 0. The molecule has 88 valence electrons. The SMILES string of the molecule is Brc1ccc(OCCSCC2CNC2)cc1. The van der Waals surface area contributed by atoms with E-state index in [2.05, 4.69) is 21.2 Å². The molecule has 0 atom stereocenters. The van der Waals surface area contributed by atoms with Crippen LogP contribution < -0.4 is 10.1 Å². The summed E-state index contributed by atoms with van der Waals surface area (Å²) in [5.74, 6) is 4.18. The van der Waals surface area contributed by atoms with E-state index in [1.165, 1.54) is 18.8 Å². The lowest BCUT2D eigenvalue weighted by Gasteiger charge is -2.26. The molecule has 0 saturated carbocycles. The molecular formula is C12H16BrNOS. The van der Waals surface area contributed by atoms with E-state index in [0.717, 1.165) is 28.5 Å². The quantitative estimate of drug-likeness (QED) is 0.817. The maximum atomic E-state index is 5.64. The molecule has 16 heavy (non-hydrogen) atoms. The minimum atomic E-state index is 0.798. The molecule has 1 N–H and O–H groups in total. The second kappa shape index (κ2) is 6.52. The van der Waals surface area contributed by atoms with Crippen molar-refractivity contribution in [2.24, 2.45) is 5.92 Å². The molecule has 2 rings (SSSR count). The molecule has 1 saturated heterocycles. The smallest absolute Gasteiger partial charge is 0.119 e. The lowest BCUT2D eigenvalue weighted by molar-refractivity contribution is 0.343. The zero-order valence-corrected chi connectivity index (χ0v) is 11.5. The summed E-state index contributed by atoms with van der Waals surface area (Å²) in [5.41, 5.74) is 0. The number of nitrogens with one attached hydrogen (secondary N) is 1. The number of halogens is 1. The summed E-state index contributed by atoms with van der Waals surface area (Å²) in [7, 11) is 0. The highest BCUT2D eigenvalue weighted by molar-refractivity contribution is 9.10. The predicted molar refractivity (Wildman–Crippen MR) is 73.3 cm³/mol. The molecule has 1 fully saturated rings. The monoisotopic (exact) mass is 301 g/mol. The van der Waals surface area contributed by atoms with Crippen LogP contribution in [-0.4, -0.2) is 31.2 Å². The maximum Gasteiger partial charge on any atom is 0.119 e. The van der Waals surface area contributed by atoms with Crippen LogP contribution in [0, 0.1) is 5.92 Å². The van der Waals surface area contributed by atoms with E-state index in [9.17, 15) is 0 Å². The highest BCUT2D eigenvalue weighted by Gasteiger charge is 2.15. The number of thioether (sulfide) groups is 1. The topological polar surface area (TPSA) is 21.3 Å². The van der Waals surface area contributed by atoms with Crippen molar-refractivity contribution in [1.82, 2.24) is 5.32 Å². The summed E-state index contributed by atoms with van der Waals surface area (Å²) in [6, 6.07) is 7.99. The first-order valence-electron chi connectivity index (χ1n) is 5.51. The molecule has 0 unspecified atom stereocenters. The molecule has 4 heteroatoms. The van der Waals surface area contributed by atoms with Gasteiger partial charge in [0.2, 0.25) is 0 Å². The molecule has 0 amide bonds. The first kappa shape index (κ1) is 12.3. The number of rotatable bonds is 6. The van der Waals surface area contributed by atoms with E-state index in [-0.39, 0.29) is 0 Å². The van der Waals surface area contributed by atoms with E-state index < -0.39 is 0 Å². The van der Waals surface area contributed by atoms with Crippen LogP contribution >= 0.6 is 27.7 Å². The zero-order valence-electron chi connectivity index (χ0n) is 9.12. The molecule has 0 aromatic heterocycles. The summed E-state index contributed by atoms with van der Waals surface area (Å²) < 4.78 is 6.73. The average molecular weight is 302 g/mol. The first-order valence-corrected chi connectivity index (χ1v) is 7.46.